The highest BCUT2D eigenvalue weighted by Crippen LogP contribution is 2.27. The maximum atomic E-state index is 6.72. The van der Waals surface area contributed by atoms with Gasteiger partial charge < -0.3 is 16.2 Å². The summed E-state index contributed by atoms with van der Waals surface area (Å²) in [4.78, 5) is 0. The zero-order valence-corrected chi connectivity index (χ0v) is 19.1. The van der Waals surface area contributed by atoms with Gasteiger partial charge in [-0.15, -0.1) is 0 Å². The SMILES string of the molecule is CCCCCCCCCCOC(N)(CCC)C(CN)CCCCCCCC. The minimum atomic E-state index is -0.520. The number of hydrogen-bond donors (Lipinski definition) is 2. The van der Waals surface area contributed by atoms with Crippen molar-refractivity contribution in [1.82, 2.24) is 0 Å². The van der Waals surface area contributed by atoms with E-state index in [1.807, 2.05) is 0 Å². The molecule has 0 amide bonds. The van der Waals surface area contributed by atoms with E-state index in [4.69, 9.17) is 16.2 Å². The quantitative estimate of drug-likeness (QED) is 0.167. The van der Waals surface area contributed by atoms with Gasteiger partial charge in [0, 0.05) is 12.5 Å². The Kier molecular flexibility index (Phi) is 19.1. The van der Waals surface area contributed by atoms with E-state index < -0.39 is 5.72 Å². The minimum absolute atomic E-state index is 0.290. The van der Waals surface area contributed by atoms with E-state index >= 15 is 0 Å². The molecule has 0 fully saturated rings. The summed E-state index contributed by atoms with van der Waals surface area (Å²) in [7, 11) is 0. The van der Waals surface area contributed by atoms with Crippen molar-refractivity contribution in [1.29, 1.82) is 0 Å². The predicted octanol–water partition coefficient (Wildman–Crippen LogP) is 6.92. The summed E-state index contributed by atoms with van der Waals surface area (Å²) in [5, 5.41) is 0. The van der Waals surface area contributed by atoms with Gasteiger partial charge in [0.1, 0.15) is 5.72 Å². The van der Waals surface area contributed by atoms with Gasteiger partial charge in [0.05, 0.1) is 0 Å². The van der Waals surface area contributed by atoms with Crippen molar-refractivity contribution in [2.24, 2.45) is 17.4 Å². The third-order valence-electron chi connectivity index (χ3n) is 5.89. The molecule has 164 valence electrons. The molecule has 0 heterocycles. The van der Waals surface area contributed by atoms with Crippen molar-refractivity contribution in [2.45, 2.75) is 136 Å². The lowest BCUT2D eigenvalue weighted by atomic mass is 9.87. The Morgan fingerprint density at radius 3 is 1.63 bits per heavy atom. The Balaban J connectivity index is 4.05. The van der Waals surface area contributed by atoms with Gasteiger partial charge in [-0.05, 0) is 25.8 Å². The standard InChI is InChI=1S/C24H52N2O/c1-4-7-9-11-13-14-16-18-21-27-24(26,20-6-3)23(22-25)19-17-15-12-10-8-5-2/h23H,4-22,25-26H2,1-3H3. The number of ether oxygens (including phenoxy) is 1. The van der Waals surface area contributed by atoms with Gasteiger partial charge in [-0.3, -0.25) is 0 Å². The van der Waals surface area contributed by atoms with Crippen LogP contribution in [0.25, 0.3) is 0 Å². The Hall–Kier alpha value is -0.120. The van der Waals surface area contributed by atoms with Gasteiger partial charge in [0.15, 0.2) is 0 Å². The van der Waals surface area contributed by atoms with E-state index in [0.717, 1.165) is 32.3 Å². The van der Waals surface area contributed by atoms with Gasteiger partial charge in [-0.1, -0.05) is 111 Å². The van der Waals surface area contributed by atoms with Crippen LogP contribution in [0.3, 0.4) is 0 Å². The van der Waals surface area contributed by atoms with Crippen LogP contribution in [0.1, 0.15) is 130 Å². The highest BCUT2D eigenvalue weighted by atomic mass is 16.5. The first kappa shape index (κ1) is 26.9. The molecule has 0 radical (unpaired) electrons. The minimum Gasteiger partial charge on any atom is -0.361 e. The van der Waals surface area contributed by atoms with E-state index in [1.54, 1.807) is 0 Å². The van der Waals surface area contributed by atoms with Gasteiger partial charge in [0.25, 0.3) is 0 Å². The highest BCUT2D eigenvalue weighted by Gasteiger charge is 2.33. The monoisotopic (exact) mass is 384 g/mol. The van der Waals surface area contributed by atoms with E-state index in [-0.39, 0.29) is 5.92 Å². The Morgan fingerprint density at radius 1 is 0.667 bits per heavy atom. The molecule has 0 bridgehead atoms. The molecule has 2 atom stereocenters. The number of hydrogen-bond acceptors (Lipinski definition) is 3. The number of unbranched alkanes of at least 4 members (excludes halogenated alkanes) is 12. The molecular weight excluding hydrogens is 332 g/mol. The third-order valence-corrected chi connectivity index (χ3v) is 5.89. The van der Waals surface area contributed by atoms with Crippen molar-refractivity contribution in [3.8, 4) is 0 Å². The molecule has 4 N–H and O–H groups in total. The van der Waals surface area contributed by atoms with Crippen molar-refractivity contribution in [3.05, 3.63) is 0 Å². The van der Waals surface area contributed by atoms with Gasteiger partial charge in [-0.2, -0.15) is 0 Å². The topological polar surface area (TPSA) is 61.3 Å². The lowest BCUT2D eigenvalue weighted by Gasteiger charge is -2.37. The zero-order chi connectivity index (χ0) is 20.2. The second kappa shape index (κ2) is 19.2. The lowest BCUT2D eigenvalue weighted by molar-refractivity contribution is -0.0910. The summed E-state index contributed by atoms with van der Waals surface area (Å²) in [5.41, 5.74) is 12.3. The molecule has 0 aromatic rings. The van der Waals surface area contributed by atoms with Gasteiger partial charge in [-0.25, -0.2) is 0 Å². The smallest absolute Gasteiger partial charge is 0.120 e. The fraction of sp³-hybridized carbons (Fsp3) is 1.00. The molecule has 2 unspecified atom stereocenters. The first-order valence-corrected chi connectivity index (χ1v) is 12.3. The molecule has 0 aromatic heterocycles. The summed E-state index contributed by atoms with van der Waals surface area (Å²) < 4.78 is 6.26. The van der Waals surface area contributed by atoms with Crippen molar-refractivity contribution >= 4 is 0 Å². The Bertz CT molecular complexity index is 298. The molecule has 0 aliphatic heterocycles. The molecule has 0 rings (SSSR count). The zero-order valence-electron chi connectivity index (χ0n) is 19.1. The van der Waals surface area contributed by atoms with Crippen LogP contribution in [-0.2, 0) is 4.74 Å². The fourth-order valence-corrected chi connectivity index (χ4v) is 4.02. The molecule has 3 nitrogen and oxygen atoms in total. The summed E-state index contributed by atoms with van der Waals surface area (Å²) in [6.45, 7) is 8.16. The lowest BCUT2D eigenvalue weighted by Crippen LogP contribution is -2.52. The average molecular weight is 385 g/mol. The first-order valence-electron chi connectivity index (χ1n) is 12.3. The molecule has 0 saturated heterocycles. The van der Waals surface area contributed by atoms with Crippen LogP contribution in [0.5, 0.6) is 0 Å². The van der Waals surface area contributed by atoms with Crippen LogP contribution in [0.4, 0.5) is 0 Å². The van der Waals surface area contributed by atoms with Crippen LogP contribution in [0, 0.1) is 5.92 Å². The summed E-state index contributed by atoms with van der Waals surface area (Å²) in [5.74, 6) is 0.290. The third kappa shape index (κ3) is 14.5. The molecule has 27 heavy (non-hydrogen) atoms. The maximum Gasteiger partial charge on any atom is 0.120 e. The number of nitrogens with two attached hydrogens (primary N) is 2. The molecule has 0 spiro atoms. The van der Waals surface area contributed by atoms with Crippen molar-refractivity contribution in [3.63, 3.8) is 0 Å². The second-order valence-corrected chi connectivity index (χ2v) is 8.52. The van der Waals surface area contributed by atoms with Crippen LogP contribution in [-0.4, -0.2) is 18.9 Å². The van der Waals surface area contributed by atoms with Crippen molar-refractivity contribution in [2.75, 3.05) is 13.2 Å². The van der Waals surface area contributed by atoms with E-state index in [1.165, 1.54) is 83.5 Å². The largest absolute Gasteiger partial charge is 0.361 e. The van der Waals surface area contributed by atoms with E-state index in [2.05, 4.69) is 20.8 Å². The molecule has 3 heteroatoms. The average Bonchev–Trinajstić information content (AvgIpc) is 2.66. The summed E-state index contributed by atoms with van der Waals surface area (Å²) >= 11 is 0. The van der Waals surface area contributed by atoms with E-state index in [0.29, 0.717) is 6.54 Å². The summed E-state index contributed by atoms with van der Waals surface area (Å²) in [6.07, 6.45) is 21.6. The molecule has 0 saturated carbocycles. The second-order valence-electron chi connectivity index (χ2n) is 8.52. The Labute approximate surface area is 171 Å². The van der Waals surface area contributed by atoms with Gasteiger partial charge in [0.2, 0.25) is 0 Å². The highest BCUT2D eigenvalue weighted by molar-refractivity contribution is 4.83. The van der Waals surface area contributed by atoms with Crippen LogP contribution < -0.4 is 11.5 Å². The van der Waals surface area contributed by atoms with Crippen LogP contribution in [0.15, 0.2) is 0 Å². The van der Waals surface area contributed by atoms with Crippen molar-refractivity contribution < 1.29 is 4.74 Å². The summed E-state index contributed by atoms with van der Waals surface area (Å²) in [6, 6.07) is 0. The molecule has 0 aliphatic rings. The van der Waals surface area contributed by atoms with Gasteiger partial charge >= 0.3 is 0 Å². The fourth-order valence-electron chi connectivity index (χ4n) is 4.02. The first-order chi connectivity index (χ1) is 13.1. The van der Waals surface area contributed by atoms with Crippen LogP contribution >= 0.6 is 0 Å². The molecule has 0 aliphatic carbocycles. The molecule has 0 aromatic carbocycles. The van der Waals surface area contributed by atoms with Crippen LogP contribution in [0.2, 0.25) is 0 Å². The molecular formula is C24H52N2O. The maximum absolute atomic E-state index is 6.72. The normalized spacial score (nSPS) is 15.0. The predicted molar refractivity (Wildman–Crippen MR) is 121 cm³/mol. The Morgan fingerprint density at radius 2 is 1.15 bits per heavy atom. The van der Waals surface area contributed by atoms with E-state index in [9.17, 15) is 0 Å². The number of rotatable bonds is 21.